The maximum Gasteiger partial charge on any atom is 0.0977 e. The van der Waals surface area contributed by atoms with Crippen LogP contribution in [0.3, 0.4) is 0 Å². The maximum absolute atomic E-state index is 5.60. The van der Waals surface area contributed by atoms with Gasteiger partial charge in [0.1, 0.15) is 0 Å². The number of rotatable bonds is 2. The predicted octanol–water partition coefficient (Wildman–Crippen LogP) is 1.30. The second-order valence-corrected chi connectivity index (χ2v) is 4.51. The predicted molar refractivity (Wildman–Crippen MR) is 46.0 cm³/mol. The average molecular weight is 174 g/mol. The SMILES string of the molecule is CCSC1COC2CCOC21. The lowest BCUT2D eigenvalue weighted by molar-refractivity contribution is 0.0738. The third kappa shape index (κ3) is 1.42. The molecule has 64 valence electrons. The van der Waals surface area contributed by atoms with Gasteiger partial charge in [-0.05, 0) is 12.2 Å². The summed E-state index contributed by atoms with van der Waals surface area (Å²) in [5.74, 6) is 1.17. The molecule has 3 heteroatoms. The van der Waals surface area contributed by atoms with Crippen molar-refractivity contribution in [1.29, 1.82) is 0 Å². The Labute approximate surface area is 71.6 Å². The Morgan fingerprint density at radius 1 is 1.45 bits per heavy atom. The van der Waals surface area contributed by atoms with Gasteiger partial charge >= 0.3 is 0 Å². The third-order valence-corrected chi connectivity index (χ3v) is 3.47. The van der Waals surface area contributed by atoms with Crippen LogP contribution in [0.2, 0.25) is 0 Å². The van der Waals surface area contributed by atoms with Gasteiger partial charge in [-0.25, -0.2) is 0 Å². The Bertz CT molecular complexity index is 138. The van der Waals surface area contributed by atoms with Crippen molar-refractivity contribution in [2.75, 3.05) is 19.0 Å². The molecule has 2 aliphatic heterocycles. The number of thioether (sulfide) groups is 1. The zero-order valence-corrected chi connectivity index (χ0v) is 7.60. The van der Waals surface area contributed by atoms with E-state index in [1.165, 1.54) is 5.75 Å². The molecule has 0 aromatic rings. The van der Waals surface area contributed by atoms with E-state index in [4.69, 9.17) is 9.47 Å². The number of fused-ring (bicyclic) bond motifs is 1. The lowest BCUT2D eigenvalue weighted by atomic mass is 10.2. The molecule has 2 heterocycles. The van der Waals surface area contributed by atoms with Crippen LogP contribution in [0.1, 0.15) is 13.3 Å². The summed E-state index contributed by atoms with van der Waals surface area (Å²) in [6, 6.07) is 0. The van der Waals surface area contributed by atoms with Crippen LogP contribution in [0.15, 0.2) is 0 Å². The molecule has 2 aliphatic rings. The molecule has 3 unspecified atom stereocenters. The van der Waals surface area contributed by atoms with Crippen LogP contribution in [-0.4, -0.2) is 36.4 Å². The van der Waals surface area contributed by atoms with Crippen molar-refractivity contribution >= 4 is 11.8 Å². The first kappa shape index (κ1) is 7.90. The van der Waals surface area contributed by atoms with Gasteiger partial charge in [-0.3, -0.25) is 0 Å². The van der Waals surface area contributed by atoms with Crippen LogP contribution >= 0.6 is 11.8 Å². The van der Waals surface area contributed by atoms with Crippen molar-refractivity contribution in [3.8, 4) is 0 Å². The zero-order valence-electron chi connectivity index (χ0n) is 6.79. The van der Waals surface area contributed by atoms with E-state index in [2.05, 4.69) is 6.92 Å². The summed E-state index contributed by atoms with van der Waals surface area (Å²) in [5, 5.41) is 0.604. The highest BCUT2D eigenvalue weighted by Gasteiger charge is 2.41. The van der Waals surface area contributed by atoms with Crippen molar-refractivity contribution in [3.05, 3.63) is 0 Å². The molecule has 0 radical (unpaired) electrons. The molecule has 0 aromatic carbocycles. The number of hydrogen-bond acceptors (Lipinski definition) is 3. The van der Waals surface area contributed by atoms with Crippen molar-refractivity contribution in [2.45, 2.75) is 30.8 Å². The molecule has 0 aliphatic carbocycles. The molecule has 0 bridgehead atoms. The fourth-order valence-corrected chi connectivity index (χ4v) is 2.83. The van der Waals surface area contributed by atoms with Gasteiger partial charge in [-0.15, -0.1) is 0 Å². The van der Waals surface area contributed by atoms with Gasteiger partial charge in [-0.2, -0.15) is 11.8 Å². The second-order valence-electron chi connectivity index (χ2n) is 2.99. The minimum absolute atomic E-state index is 0.403. The molecule has 11 heavy (non-hydrogen) atoms. The van der Waals surface area contributed by atoms with Crippen LogP contribution in [0.25, 0.3) is 0 Å². The van der Waals surface area contributed by atoms with Crippen LogP contribution in [0.4, 0.5) is 0 Å². The van der Waals surface area contributed by atoms with Gasteiger partial charge in [0.05, 0.1) is 24.1 Å². The first-order valence-corrected chi connectivity index (χ1v) is 5.31. The molecule has 0 aromatic heterocycles. The smallest absolute Gasteiger partial charge is 0.0977 e. The summed E-state index contributed by atoms with van der Waals surface area (Å²) < 4.78 is 11.2. The zero-order chi connectivity index (χ0) is 7.68. The number of ether oxygens (including phenoxy) is 2. The minimum Gasteiger partial charge on any atom is -0.374 e. The summed E-state index contributed by atoms with van der Waals surface area (Å²) in [7, 11) is 0. The van der Waals surface area contributed by atoms with Crippen LogP contribution in [0.5, 0.6) is 0 Å². The third-order valence-electron chi connectivity index (χ3n) is 2.30. The van der Waals surface area contributed by atoms with Gasteiger partial charge in [0.15, 0.2) is 0 Å². The highest BCUT2D eigenvalue weighted by atomic mass is 32.2. The molecule has 0 amide bonds. The summed E-state index contributed by atoms with van der Waals surface area (Å²) in [6.07, 6.45) is 1.92. The van der Waals surface area contributed by atoms with Crippen molar-refractivity contribution in [3.63, 3.8) is 0 Å². The lowest BCUT2D eigenvalue weighted by Crippen LogP contribution is -2.24. The van der Waals surface area contributed by atoms with E-state index < -0.39 is 0 Å². The molecular formula is C8H14O2S. The van der Waals surface area contributed by atoms with E-state index in [-0.39, 0.29) is 0 Å². The quantitative estimate of drug-likeness (QED) is 0.628. The van der Waals surface area contributed by atoms with E-state index in [9.17, 15) is 0 Å². The molecule has 0 N–H and O–H groups in total. The van der Waals surface area contributed by atoms with E-state index in [0.29, 0.717) is 17.5 Å². The number of hydrogen-bond donors (Lipinski definition) is 0. The van der Waals surface area contributed by atoms with Crippen molar-refractivity contribution in [2.24, 2.45) is 0 Å². The van der Waals surface area contributed by atoms with E-state index in [1.807, 2.05) is 11.8 Å². The fourth-order valence-electron chi connectivity index (χ4n) is 1.79. The second kappa shape index (κ2) is 3.33. The summed E-state index contributed by atoms with van der Waals surface area (Å²) in [6.45, 7) is 3.98. The van der Waals surface area contributed by atoms with E-state index in [0.717, 1.165) is 19.6 Å². The minimum atomic E-state index is 0.403. The van der Waals surface area contributed by atoms with Crippen LogP contribution in [0, 0.1) is 0 Å². The molecule has 2 rings (SSSR count). The Morgan fingerprint density at radius 3 is 3.18 bits per heavy atom. The molecule has 2 nitrogen and oxygen atoms in total. The Morgan fingerprint density at radius 2 is 2.36 bits per heavy atom. The normalized spacial score (nSPS) is 42.8. The Hall–Kier alpha value is 0.270. The van der Waals surface area contributed by atoms with Gasteiger partial charge < -0.3 is 9.47 Å². The fraction of sp³-hybridized carbons (Fsp3) is 1.00. The average Bonchev–Trinajstić information content (AvgIpc) is 2.53. The molecule has 3 atom stereocenters. The van der Waals surface area contributed by atoms with Gasteiger partial charge in [0.2, 0.25) is 0 Å². The highest BCUT2D eigenvalue weighted by molar-refractivity contribution is 7.99. The van der Waals surface area contributed by atoms with Crippen molar-refractivity contribution in [1.82, 2.24) is 0 Å². The Kier molecular flexibility index (Phi) is 2.39. The van der Waals surface area contributed by atoms with Crippen LogP contribution in [-0.2, 0) is 9.47 Å². The van der Waals surface area contributed by atoms with Gasteiger partial charge in [0, 0.05) is 6.61 Å². The van der Waals surface area contributed by atoms with Gasteiger partial charge in [0.25, 0.3) is 0 Å². The largest absolute Gasteiger partial charge is 0.374 e. The monoisotopic (exact) mass is 174 g/mol. The highest BCUT2D eigenvalue weighted by Crippen LogP contribution is 2.33. The molecule has 0 spiro atoms. The topological polar surface area (TPSA) is 18.5 Å². The first-order valence-electron chi connectivity index (χ1n) is 4.26. The molecule has 0 saturated carbocycles. The van der Waals surface area contributed by atoms with E-state index in [1.54, 1.807) is 0 Å². The summed E-state index contributed by atoms with van der Waals surface area (Å²) in [4.78, 5) is 0. The van der Waals surface area contributed by atoms with Crippen LogP contribution < -0.4 is 0 Å². The maximum atomic E-state index is 5.60. The first-order chi connectivity index (χ1) is 5.42. The summed E-state index contributed by atoms with van der Waals surface area (Å²) >= 11 is 1.97. The van der Waals surface area contributed by atoms with E-state index >= 15 is 0 Å². The Balaban J connectivity index is 1.92. The molecule has 2 fully saturated rings. The van der Waals surface area contributed by atoms with Gasteiger partial charge in [-0.1, -0.05) is 6.92 Å². The lowest BCUT2D eigenvalue weighted by Gasteiger charge is -2.13. The standard InChI is InChI=1S/C8H14O2S/c1-2-11-7-5-10-6-3-4-9-8(6)7/h6-8H,2-5H2,1H3. The molecule has 2 saturated heterocycles. The summed E-state index contributed by atoms with van der Waals surface area (Å²) in [5.41, 5.74) is 0. The molecular weight excluding hydrogens is 160 g/mol. The van der Waals surface area contributed by atoms with Crippen molar-refractivity contribution < 1.29 is 9.47 Å².